The van der Waals surface area contributed by atoms with Gasteiger partial charge in [-0.15, -0.1) is 0 Å². The molecule has 0 aliphatic carbocycles. The number of benzene rings is 1. The maximum atomic E-state index is 12.5. The number of imide groups is 1. The number of fused-ring (bicyclic) bond motifs is 1. The first-order valence-corrected chi connectivity index (χ1v) is 6.56. The molecule has 0 saturated heterocycles. The molecule has 1 aliphatic heterocycles. The van der Waals surface area contributed by atoms with Crippen molar-refractivity contribution in [2.24, 2.45) is 0 Å². The summed E-state index contributed by atoms with van der Waals surface area (Å²) >= 11 is 5.85. The maximum Gasteiger partial charge on any atom is 0.326 e. The highest BCUT2D eigenvalue weighted by molar-refractivity contribution is 6.31. The largest absolute Gasteiger partial charge is 0.481 e. The second-order valence-electron chi connectivity index (χ2n) is 4.83. The van der Waals surface area contributed by atoms with Gasteiger partial charge >= 0.3 is 11.9 Å². The number of hydrogen-bond donors (Lipinski definition) is 1. The molecule has 1 aromatic carbocycles. The molecule has 0 spiro atoms. The average Bonchev–Trinajstić information content (AvgIpc) is 2.48. The number of methoxy groups -OCH3 is 1. The number of carboxylic acids is 1. The van der Waals surface area contributed by atoms with Crippen LogP contribution in [0.1, 0.15) is 22.3 Å². The van der Waals surface area contributed by atoms with E-state index < -0.39 is 35.6 Å². The van der Waals surface area contributed by atoms with Crippen LogP contribution in [0.2, 0.25) is 5.02 Å². The molecule has 1 atom stereocenters. The van der Waals surface area contributed by atoms with E-state index in [0.717, 1.165) is 7.11 Å². The molecule has 0 radical (unpaired) electrons. The molecule has 1 unspecified atom stereocenters. The molecular formula is C14H12ClNO6. The van der Waals surface area contributed by atoms with Crippen LogP contribution in [0.5, 0.6) is 0 Å². The molecule has 1 aromatic rings. The second kappa shape index (κ2) is 5.42. The zero-order valence-electron chi connectivity index (χ0n) is 11.8. The van der Waals surface area contributed by atoms with Gasteiger partial charge in [0.25, 0.3) is 11.8 Å². The zero-order valence-corrected chi connectivity index (χ0v) is 12.5. The molecule has 0 fully saturated rings. The number of amides is 2. The Bertz CT molecular complexity index is 701. The summed E-state index contributed by atoms with van der Waals surface area (Å²) in [5.74, 6) is -4.01. The molecule has 2 amide bonds. The monoisotopic (exact) mass is 325 g/mol. The first-order valence-electron chi connectivity index (χ1n) is 6.18. The molecule has 116 valence electrons. The number of carboxylic acid groups (broad SMARTS) is 1. The van der Waals surface area contributed by atoms with E-state index >= 15 is 0 Å². The molecule has 22 heavy (non-hydrogen) atoms. The molecule has 1 heterocycles. The molecule has 0 aromatic heterocycles. The van der Waals surface area contributed by atoms with Gasteiger partial charge in [0, 0.05) is 17.6 Å². The Hall–Kier alpha value is -2.41. The number of hydrogen-bond acceptors (Lipinski definition) is 5. The fourth-order valence-electron chi connectivity index (χ4n) is 2.58. The Balaban J connectivity index is 2.84. The van der Waals surface area contributed by atoms with Crippen LogP contribution in [-0.4, -0.2) is 47.9 Å². The van der Waals surface area contributed by atoms with Crippen molar-refractivity contribution in [2.45, 2.75) is 11.8 Å². The molecule has 1 N–H and O–H groups in total. The summed E-state index contributed by atoms with van der Waals surface area (Å²) in [6.07, 6.45) is -0.829. The highest BCUT2D eigenvalue weighted by Crippen LogP contribution is 2.39. The predicted octanol–water partition coefficient (Wildman–Crippen LogP) is 0.838. The molecule has 2 rings (SSSR count). The summed E-state index contributed by atoms with van der Waals surface area (Å²) in [6, 6.07) is 3.98. The number of aliphatic carboxylic acids is 1. The number of esters is 1. The summed E-state index contributed by atoms with van der Waals surface area (Å²) in [5.41, 5.74) is -2.12. The third-order valence-corrected chi connectivity index (χ3v) is 3.83. The van der Waals surface area contributed by atoms with Crippen LogP contribution >= 0.6 is 11.6 Å². The SMILES string of the molecule is COC(=O)C1(CC(=O)O)C(=O)N(C)C(=O)c2cc(Cl)ccc21. The van der Waals surface area contributed by atoms with Crippen LogP contribution in [-0.2, 0) is 24.5 Å². The molecule has 1 aliphatic rings. The first-order chi connectivity index (χ1) is 10.3. The fraction of sp³-hybridized carbons (Fsp3) is 0.286. The van der Waals surface area contributed by atoms with Crippen LogP contribution in [0.4, 0.5) is 0 Å². The van der Waals surface area contributed by atoms with Gasteiger partial charge in [0.1, 0.15) is 0 Å². The van der Waals surface area contributed by atoms with Gasteiger partial charge in [-0.25, -0.2) is 0 Å². The number of likely N-dealkylation sites (N-methyl/N-ethyl adjacent to an activating group) is 1. The van der Waals surface area contributed by atoms with Gasteiger partial charge in [-0.05, 0) is 17.7 Å². The number of halogens is 1. The second-order valence-corrected chi connectivity index (χ2v) is 5.26. The smallest absolute Gasteiger partial charge is 0.326 e. The number of nitrogens with zero attached hydrogens (tertiary/aromatic N) is 1. The number of rotatable bonds is 3. The third-order valence-electron chi connectivity index (χ3n) is 3.60. The van der Waals surface area contributed by atoms with E-state index in [1.165, 1.54) is 25.2 Å². The van der Waals surface area contributed by atoms with Crippen molar-refractivity contribution in [1.82, 2.24) is 4.90 Å². The number of carbonyl (C=O) groups is 4. The Labute approximate surface area is 130 Å². The van der Waals surface area contributed by atoms with Crippen molar-refractivity contribution in [2.75, 3.05) is 14.2 Å². The Morgan fingerprint density at radius 3 is 2.55 bits per heavy atom. The summed E-state index contributed by atoms with van der Waals surface area (Å²) in [5, 5.41) is 9.36. The van der Waals surface area contributed by atoms with E-state index in [1.54, 1.807) is 0 Å². The number of carbonyl (C=O) groups excluding carboxylic acids is 3. The van der Waals surface area contributed by atoms with Crippen LogP contribution in [0.25, 0.3) is 0 Å². The highest BCUT2D eigenvalue weighted by Gasteiger charge is 2.57. The van der Waals surface area contributed by atoms with Gasteiger partial charge in [-0.1, -0.05) is 17.7 Å². The minimum absolute atomic E-state index is 0.00116. The van der Waals surface area contributed by atoms with E-state index in [4.69, 9.17) is 16.7 Å². The normalized spacial score (nSPS) is 20.6. The van der Waals surface area contributed by atoms with Crippen LogP contribution in [0, 0.1) is 0 Å². The third kappa shape index (κ3) is 2.14. The van der Waals surface area contributed by atoms with Gasteiger partial charge in [0.15, 0.2) is 5.41 Å². The average molecular weight is 326 g/mol. The molecule has 0 saturated carbocycles. The highest BCUT2D eigenvalue weighted by atomic mass is 35.5. The van der Waals surface area contributed by atoms with E-state index in [2.05, 4.69) is 4.74 Å². The van der Waals surface area contributed by atoms with Crippen LogP contribution in [0.3, 0.4) is 0 Å². The standard InChI is InChI=1S/C14H12ClNO6/c1-16-11(19)8-5-7(15)3-4-9(8)14(12(16)20,6-10(17)18)13(21)22-2/h3-5H,6H2,1-2H3,(H,17,18). The Morgan fingerprint density at radius 2 is 2.00 bits per heavy atom. The molecule has 7 nitrogen and oxygen atoms in total. The molecule has 0 bridgehead atoms. The lowest BCUT2D eigenvalue weighted by Crippen LogP contribution is -2.58. The summed E-state index contributed by atoms with van der Waals surface area (Å²) in [7, 11) is 2.22. The van der Waals surface area contributed by atoms with Crippen molar-refractivity contribution >= 4 is 35.4 Å². The first kappa shape index (κ1) is 16.0. The van der Waals surface area contributed by atoms with Crippen molar-refractivity contribution in [1.29, 1.82) is 0 Å². The van der Waals surface area contributed by atoms with Crippen molar-refractivity contribution in [3.05, 3.63) is 34.3 Å². The predicted molar refractivity (Wildman–Crippen MR) is 74.5 cm³/mol. The van der Waals surface area contributed by atoms with E-state index in [9.17, 15) is 19.2 Å². The maximum absolute atomic E-state index is 12.5. The summed E-state index contributed by atoms with van der Waals surface area (Å²) < 4.78 is 4.64. The van der Waals surface area contributed by atoms with Gasteiger partial charge in [0.05, 0.1) is 13.5 Å². The quantitative estimate of drug-likeness (QED) is 0.502. The van der Waals surface area contributed by atoms with Gasteiger partial charge in [-0.2, -0.15) is 0 Å². The lowest BCUT2D eigenvalue weighted by atomic mass is 9.71. The van der Waals surface area contributed by atoms with Crippen molar-refractivity contribution in [3.63, 3.8) is 0 Å². The molecular weight excluding hydrogens is 314 g/mol. The Morgan fingerprint density at radius 1 is 1.36 bits per heavy atom. The van der Waals surface area contributed by atoms with Crippen molar-refractivity contribution in [3.8, 4) is 0 Å². The lowest BCUT2D eigenvalue weighted by Gasteiger charge is -2.37. The van der Waals surface area contributed by atoms with E-state index in [-0.39, 0.29) is 16.1 Å². The minimum Gasteiger partial charge on any atom is -0.481 e. The van der Waals surface area contributed by atoms with Gasteiger partial charge < -0.3 is 9.84 Å². The number of ether oxygens (including phenoxy) is 1. The lowest BCUT2D eigenvalue weighted by molar-refractivity contribution is -0.160. The Kier molecular flexibility index (Phi) is 3.93. The van der Waals surface area contributed by atoms with E-state index in [1.807, 2.05) is 0 Å². The van der Waals surface area contributed by atoms with Gasteiger partial charge in [0.2, 0.25) is 0 Å². The minimum atomic E-state index is -2.11. The van der Waals surface area contributed by atoms with E-state index in [0.29, 0.717) is 4.90 Å². The topological polar surface area (TPSA) is 101 Å². The molecule has 8 heteroatoms. The zero-order chi connectivity index (χ0) is 16.7. The summed E-state index contributed by atoms with van der Waals surface area (Å²) in [4.78, 5) is 48.9. The fourth-order valence-corrected chi connectivity index (χ4v) is 2.75. The van der Waals surface area contributed by atoms with Crippen LogP contribution < -0.4 is 0 Å². The summed E-state index contributed by atoms with van der Waals surface area (Å²) in [6.45, 7) is 0. The van der Waals surface area contributed by atoms with Gasteiger partial charge in [-0.3, -0.25) is 24.1 Å². The van der Waals surface area contributed by atoms with Crippen LogP contribution in [0.15, 0.2) is 18.2 Å². The van der Waals surface area contributed by atoms with Crippen molar-refractivity contribution < 1.29 is 29.0 Å².